The van der Waals surface area contributed by atoms with Crippen molar-refractivity contribution in [3.05, 3.63) is 88.4 Å². The first kappa shape index (κ1) is 32.5. The molecular weight excluding hydrogens is 618 g/mol. The highest BCUT2D eigenvalue weighted by Crippen LogP contribution is 2.33. The summed E-state index contributed by atoms with van der Waals surface area (Å²) in [7, 11) is -0.766. The summed E-state index contributed by atoms with van der Waals surface area (Å²) in [6.07, 6.45) is 4.01. The molecule has 3 N–H and O–H groups in total. The van der Waals surface area contributed by atoms with E-state index >= 15 is 0 Å². The number of nitrogens with one attached hydrogen (secondary N) is 2. The van der Waals surface area contributed by atoms with Gasteiger partial charge in [0, 0.05) is 49.1 Å². The SMILES string of the molecule is COc1ccc(S(=O)(=O)N(CCO)CCOC2CC(c3ccsc3)C=C(C(=O)NCCc3c[nH]c4ccc(OC)cc34)O2)cc1. The Bertz CT molecular complexity index is 1700. The zero-order chi connectivity index (χ0) is 31.8. The van der Waals surface area contributed by atoms with Crippen molar-refractivity contribution in [2.75, 3.05) is 47.1 Å². The molecule has 11 nitrogen and oxygen atoms in total. The summed E-state index contributed by atoms with van der Waals surface area (Å²) in [6.45, 7) is -0.0855. The maximum absolute atomic E-state index is 13.3. The average Bonchev–Trinajstić information content (AvgIpc) is 3.75. The van der Waals surface area contributed by atoms with E-state index in [4.69, 9.17) is 18.9 Å². The molecule has 45 heavy (non-hydrogen) atoms. The van der Waals surface area contributed by atoms with Crippen LogP contribution in [0.5, 0.6) is 11.5 Å². The van der Waals surface area contributed by atoms with E-state index in [9.17, 15) is 18.3 Å². The number of nitrogens with zero attached hydrogens (tertiary/aromatic N) is 1. The van der Waals surface area contributed by atoms with E-state index in [0.29, 0.717) is 25.1 Å². The van der Waals surface area contributed by atoms with Gasteiger partial charge in [-0.25, -0.2) is 8.42 Å². The summed E-state index contributed by atoms with van der Waals surface area (Å²) in [5.74, 6) is 0.975. The third-order valence-corrected chi connectivity index (χ3v) is 10.2. The van der Waals surface area contributed by atoms with Crippen molar-refractivity contribution in [3.63, 3.8) is 0 Å². The molecular formula is C32H37N3O8S2. The molecule has 0 fully saturated rings. The van der Waals surface area contributed by atoms with Gasteiger partial charge in [-0.2, -0.15) is 15.6 Å². The van der Waals surface area contributed by atoms with Crippen LogP contribution < -0.4 is 14.8 Å². The van der Waals surface area contributed by atoms with Gasteiger partial charge < -0.3 is 34.4 Å². The average molecular weight is 656 g/mol. The van der Waals surface area contributed by atoms with Gasteiger partial charge in [0.2, 0.25) is 16.3 Å². The summed E-state index contributed by atoms with van der Waals surface area (Å²) in [6, 6.07) is 13.9. The Morgan fingerprint density at radius 3 is 2.60 bits per heavy atom. The molecule has 0 saturated carbocycles. The van der Waals surface area contributed by atoms with Gasteiger partial charge in [-0.3, -0.25) is 4.79 Å². The molecule has 3 heterocycles. The topological polar surface area (TPSA) is 139 Å². The van der Waals surface area contributed by atoms with Crippen molar-refractivity contribution in [2.24, 2.45) is 0 Å². The Kier molecular flexibility index (Phi) is 10.8. The van der Waals surface area contributed by atoms with Crippen LogP contribution in [0.3, 0.4) is 0 Å². The van der Waals surface area contributed by atoms with E-state index in [2.05, 4.69) is 10.3 Å². The molecule has 0 radical (unpaired) electrons. The lowest BCUT2D eigenvalue weighted by atomic mass is 9.95. The summed E-state index contributed by atoms with van der Waals surface area (Å²) in [4.78, 5) is 16.6. The quantitative estimate of drug-likeness (QED) is 0.175. The van der Waals surface area contributed by atoms with E-state index in [-0.39, 0.29) is 48.8 Å². The van der Waals surface area contributed by atoms with Crippen molar-refractivity contribution in [1.29, 1.82) is 0 Å². The number of thiophene rings is 1. The molecule has 240 valence electrons. The van der Waals surface area contributed by atoms with E-state index < -0.39 is 16.3 Å². The van der Waals surface area contributed by atoms with Crippen molar-refractivity contribution in [1.82, 2.24) is 14.6 Å². The monoisotopic (exact) mass is 655 g/mol. The van der Waals surface area contributed by atoms with E-state index in [1.807, 2.05) is 41.2 Å². The molecule has 4 aromatic rings. The molecule has 0 spiro atoms. The third-order valence-electron chi connectivity index (χ3n) is 7.60. The van der Waals surface area contributed by atoms with Gasteiger partial charge in [0.05, 0.1) is 32.3 Å². The standard InChI is InChI=1S/C32H37N3O8S2/c1-40-25-3-6-27(7-4-25)45(38,39)35(12-14-36)13-15-42-31-18-24(23-10-16-44-21-23)17-30(43-31)32(37)33-11-9-22-20-34-29-8-5-26(41-2)19-28(22)29/h3-8,10,16-17,19-21,24,31,34,36H,9,11-15,18H2,1-2H3,(H,33,37). The van der Waals surface area contributed by atoms with Gasteiger partial charge in [-0.15, -0.1) is 0 Å². The molecule has 1 aliphatic rings. The third kappa shape index (κ3) is 7.86. The number of allylic oxidation sites excluding steroid dienone is 1. The number of amides is 1. The Labute approximate surface area is 266 Å². The minimum atomic E-state index is -3.89. The van der Waals surface area contributed by atoms with Crippen molar-refractivity contribution in [2.45, 2.75) is 29.9 Å². The number of aromatic amines is 1. The van der Waals surface area contributed by atoms with Crippen LogP contribution in [-0.4, -0.2) is 82.1 Å². The first-order valence-electron chi connectivity index (χ1n) is 14.5. The maximum Gasteiger partial charge on any atom is 0.286 e. The Morgan fingerprint density at radius 2 is 1.89 bits per heavy atom. The number of sulfonamides is 1. The molecule has 2 unspecified atom stereocenters. The highest BCUT2D eigenvalue weighted by Gasteiger charge is 2.30. The number of carbonyl (C=O) groups excluding carboxylic acids is 1. The Hall–Kier alpha value is -3.88. The number of rotatable bonds is 15. The number of carbonyl (C=O) groups is 1. The van der Waals surface area contributed by atoms with E-state index in [1.165, 1.54) is 19.2 Å². The van der Waals surface area contributed by atoms with Crippen LogP contribution in [0.2, 0.25) is 0 Å². The molecule has 5 rings (SSSR count). The Balaban J connectivity index is 1.21. The predicted octanol–water partition coefficient (Wildman–Crippen LogP) is 4.02. The van der Waals surface area contributed by atoms with Crippen molar-refractivity contribution < 1.29 is 37.3 Å². The molecule has 1 amide bonds. The van der Waals surface area contributed by atoms with Crippen LogP contribution in [0, 0.1) is 0 Å². The molecule has 0 bridgehead atoms. The van der Waals surface area contributed by atoms with E-state index in [1.54, 1.807) is 36.7 Å². The number of aliphatic hydroxyl groups is 1. The molecule has 0 saturated heterocycles. The number of methoxy groups -OCH3 is 2. The molecule has 1 aliphatic heterocycles. The second-order valence-electron chi connectivity index (χ2n) is 10.4. The lowest BCUT2D eigenvalue weighted by Crippen LogP contribution is -2.38. The number of fused-ring (bicyclic) bond motifs is 1. The fraction of sp³-hybridized carbons (Fsp3) is 0.344. The second-order valence-corrected chi connectivity index (χ2v) is 13.1. The summed E-state index contributed by atoms with van der Waals surface area (Å²) in [5.41, 5.74) is 3.08. The van der Waals surface area contributed by atoms with Gasteiger partial charge in [-0.1, -0.05) is 0 Å². The van der Waals surface area contributed by atoms with Crippen molar-refractivity contribution in [3.8, 4) is 11.5 Å². The van der Waals surface area contributed by atoms with Gasteiger partial charge in [-0.05, 0) is 82.9 Å². The number of hydrogen-bond acceptors (Lipinski definition) is 9. The summed E-state index contributed by atoms with van der Waals surface area (Å²) >= 11 is 1.56. The number of ether oxygens (including phenoxy) is 4. The molecule has 2 aromatic carbocycles. The number of H-pyrrole nitrogens is 1. The smallest absolute Gasteiger partial charge is 0.286 e. The van der Waals surface area contributed by atoms with Crippen LogP contribution in [0.25, 0.3) is 10.9 Å². The van der Waals surface area contributed by atoms with Gasteiger partial charge >= 0.3 is 0 Å². The highest BCUT2D eigenvalue weighted by molar-refractivity contribution is 7.89. The lowest BCUT2D eigenvalue weighted by molar-refractivity contribution is -0.146. The summed E-state index contributed by atoms with van der Waals surface area (Å²) < 4.78 is 50.1. The van der Waals surface area contributed by atoms with Crippen LogP contribution in [-0.2, 0) is 30.7 Å². The second kappa shape index (κ2) is 14.9. The van der Waals surface area contributed by atoms with Crippen LogP contribution in [0.15, 0.2) is 82.2 Å². The fourth-order valence-electron chi connectivity index (χ4n) is 5.17. The number of hydrogen-bond donors (Lipinski definition) is 3. The van der Waals surface area contributed by atoms with Crippen LogP contribution in [0.1, 0.15) is 23.5 Å². The fourth-order valence-corrected chi connectivity index (χ4v) is 7.31. The summed E-state index contributed by atoms with van der Waals surface area (Å²) in [5, 5.41) is 17.6. The molecule has 2 aromatic heterocycles. The largest absolute Gasteiger partial charge is 0.497 e. The molecule has 0 aliphatic carbocycles. The number of aromatic nitrogens is 1. The molecule has 13 heteroatoms. The zero-order valence-corrected chi connectivity index (χ0v) is 26.7. The lowest BCUT2D eigenvalue weighted by Gasteiger charge is -2.29. The zero-order valence-electron chi connectivity index (χ0n) is 25.1. The van der Waals surface area contributed by atoms with Gasteiger partial charge in [0.1, 0.15) is 11.5 Å². The maximum atomic E-state index is 13.3. The highest BCUT2D eigenvalue weighted by atomic mass is 32.2. The van der Waals surface area contributed by atoms with Gasteiger partial charge in [0.15, 0.2) is 5.76 Å². The first-order valence-corrected chi connectivity index (χ1v) is 16.9. The van der Waals surface area contributed by atoms with Crippen LogP contribution in [0.4, 0.5) is 0 Å². The number of benzene rings is 2. The molecule has 2 atom stereocenters. The normalized spacial score (nSPS) is 16.8. The van der Waals surface area contributed by atoms with E-state index in [0.717, 1.165) is 32.1 Å². The van der Waals surface area contributed by atoms with Crippen LogP contribution >= 0.6 is 11.3 Å². The first-order chi connectivity index (χ1) is 21.8. The van der Waals surface area contributed by atoms with Crippen molar-refractivity contribution >= 4 is 38.2 Å². The number of aliphatic hydroxyl groups excluding tert-OH is 1. The van der Waals surface area contributed by atoms with Gasteiger partial charge in [0.25, 0.3) is 5.91 Å². The predicted molar refractivity (Wildman–Crippen MR) is 171 cm³/mol. The Morgan fingerprint density at radius 1 is 1.11 bits per heavy atom. The minimum absolute atomic E-state index is 0.00463. The minimum Gasteiger partial charge on any atom is -0.497 e.